The zero-order valence-electron chi connectivity index (χ0n) is 11.2. The Morgan fingerprint density at radius 1 is 0.708 bits per heavy atom. The first-order valence-electron chi connectivity index (χ1n) is 5.45. The van der Waals surface area contributed by atoms with Gasteiger partial charge in [-0.05, 0) is 0 Å². The van der Waals surface area contributed by atoms with Crippen LogP contribution in [0, 0.1) is 0 Å². The number of hydrogen-bond acceptors (Lipinski definition) is 8. The van der Waals surface area contributed by atoms with Gasteiger partial charge in [0, 0.05) is 0 Å². The van der Waals surface area contributed by atoms with E-state index in [2.05, 4.69) is 0 Å². The van der Waals surface area contributed by atoms with Crippen LogP contribution in [0.4, 0.5) is 0 Å². The van der Waals surface area contributed by atoms with Crippen molar-refractivity contribution < 1.29 is 64.8 Å². The van der Waals surface area contributed by atoms with Crippen LogP contribution in [-0.4, -0.2) is 140 Å². The Hall–Kier alpha value is -1.13. The molecular formula is C10H15KO13. The van der Waals surface area contributed by atoms with Crippen LogP contribution < -0.4 is 0 Å². The van der Waals surface area contributed by atoms with Gasteiger partial charge in [-0.15, -0.1) is 0 Å². The normalized spacial score (nSPS) is 12.5. The molecule has 13 nitrogen and oxygen atoms in total. The molecular weight excluding hydrogens is 367 g/mol. The first-order valence-corrected chi connectivity index (χ1v) is 5.45. The average Bonchev–Trinajstić information content (AvgIpc) is 2.35. The Labute approximate surface area is 175 Å². The monoisotopic (exact) mass is 382 g/mol. The van der Waals surface area contributed by atoms with E-state index in [1.807, 2.05) is 0 Å². The second-order valence-corrected chi connectivity index (χ2v) is 4.04. The second kappa shape index (κ2) is 12.3. The quantitative estimate of drug-likeness (QED) is 0.186. The van der Waals surface area contributed by atoms with Crippen molar-refractivity contribution in [2.75, 3.05) is 0 Å². The Kier molecular flexibility index (Phi) is 14.2. The molecule has 2 unspecified atom stereocenters. The SMILES string of the molecule is O=C(O)C(O)C(O)C(=O)O.O=C(O)CC(O)(CC(=O)O)C(=O)O.[KH]. The molecule has 0 aliphatic heterocycles. The van der Waals surface area contributed by atoms with Gasteiger partial charge in [-0.25, -0.2) is 14.4 Å². The summed E-state index contributed by atoms with van der Waals surface area (Å²) in [5.74, 6) is -8.56. The van der Waals surface area contributed by atoms with Crippen LogP contribution in [0.25, 0.3) is 0 Å². The van der Waals surface area contributed by atoms with Gasteiger partial charge in [-0.1, -0.05) is 0 Å². The van der Waals surface area contributed by atoms with Crippen molar-refractivity contribution in [1.29, 1.82) is 0 Å². The van der Waals surface area contributed by atoms with Gasteiger partial charge >= 0.3 is 81.2 Å². The van der Waals surface area contributed by atoms with Crippen molar-refractivity contribution in [3.8, 4) is 0 Å². The van der Waals surface area contributed by atoms with Gasteiger partial charge in [-0.3, -0.25) is 9.59 Å². The third kappa shape index (κ3) is 11.4. The standard InChI is InChI=1S/C6H8O7.C4H6O6.K.H/c7-3(8)1-6(13,5(11)12)2-4(9)10;5-1(3(7)8)2(6)4(9)10;;/h13H,1-2H2,(H,7,8)(H,9,10)(H,11,12);1-2,5-6H,(H,7,8)(H,9,10);;. The van der Waals surface area contributed by atoms with Gasteiger partial charge in [0.05, 0.1) is 12.8 Å². The molecule has 0 aromatic carbocycles. The van der Waals surface area contributed by atoms with E-state index in [1.54, 1.807) is 0 Å². The molecule has 0 aliphatic rings. The summed E-state index contributed by atoms with van der Waals surface area (Å²) in [7, 11) is 0. The first kappa shape index (κ1) is 27.7. The van der Waals surface area contributed by atoms with Crippen molar-refractivity contribution >= 4 is 81.2 Å². The Balaban J connectivity index is -0.000000364. The Bertz CT molecular complexity index is 453. The summed E-state index contributed by atoms with van der Waals surface area (Å²) in [5.41, 5.74) is -2.74. The van der Waals surface area contributed by atoms with E-state index >= 15 is 0 Å². The Morgan fingerprint density at radius 3 is 1.08 bits per heavy atom. The summed E-state index contributed by atoms with van der Waals surface area (Å²) in [5, 5.41) is 66.3. The Morgan fingerprint density at radius 2 is 0.958 bits per heavy atom. The van der Waals surface area contributed by atoms with E-state index in [0.717, 1.165) is 0 Å². The van der Waals surface area contributed by atoms with Crippen molar-refractivity contribution in [3.05, 3.63) is 0 Å². The van der Waals surface area contributed by atoms with Gasteiger partial charge in [0.1, 0.15) is 0 Å². The van der Waals surface area contributed by atoms with Gasteiger partial charge in [0.25, 0.3) is 0 Å². The molecule has 0 aromatic heterocycles. The van der Waals surface area contributed by atoms with Gasteiger partial charge < -0.3 is 40.9 Å². The number of aliphatic hydroxyl groups excluding tert-OH is 2. The molecule has 0 spiro atoms. The van der Waals surface area contributed by atoms with Gasteiger partial charge in [0.15, 0.2) is 17.8 Å². The molecule has 0 fully saturated rings. The third-order valence-electron chi connectivity index (χ3n) is 2.09. The van der Waals surface area contributed by atoms with E-state index in [1.165, 1.54) is 0 Å². The van der Waals surface area contributed by atoms with Crippen molar-refractivity contribution in [2.24, 2.45) is 0 Å². The maximum atomic E-state index is 10.3. The molecule has 0 aliphatic carbocycles. The molecule has 0 saturated carbocycles. The molecule has 0 radical (unpaired) electrons. The number of aliphatic carboxylic acids is 5. The average molecular weight is 382 g/mol. The predicted molar refractivity (Wildman–Crippen MR) is 71.5 cm³/mol. The molecule has 0 aromatic rings. The van der Waals surface area contributed by atoms with E-state index in [0.29, 0.717) is 0 Å². The van der Waals surface area contributed by atoms with Gasteiger partial charge in [-0.2, -0.15) is 0 Å². The summed E-state index contributed by atoms with van der Waals surface area (Å²) in [6.07, 6.45) is -6.82. The van der Waals surface area contributed by atoms with E-state index in [-0.39, 0.29) is 51.4 Å². The summed E-state index contributed by atoms with van der Waals surface area (Å²) >= 11 is 0. The first-order chi connectivity index (χ1) is 10.2. The van der Waals surface area contributed by atoms with Crippen LogP contribution >= 0.6 is 0 Å². The van der Waals surface area contributed by atoms with Crippen molar-refractivity contribution in [1.82, 2.24) is 0 Å². The molecule has 0 amide bonds. The van der Waals surface area contributed by atoms with Crippen LogP contribution in [-0.2, 0) is 24.0 Å². The molecule has 24 heavy (non-hydrogen) atoms. The molecule has 0 rings (SSSR count). The topological polar surface area (TPSA) is 247 Å². The maximum absolute atomic E-state index is 10.3. The zero-order chi connectivity index (χ0) is 19.0. The molecule has 2 atom stereocenters. The molecule has 0 heterocycles. The number of carboxylic acid groups (broad SMARTS) is 5. The van der Waals surface area contributed by atoms with Crippen LogP contribution in [0.2, 0.25) is 0 Å². The van der Waals surface area contributed by atoms with Crippen LogP contribution in [0.1, 0.15) is 12.8 Å². The van der Waals surface area contributed by atoms with Crippen LogP contribution in [0.15, 0.2) is 0 Å². The van der Waals surface area contributed by atoms with Crippen LogP contribution in [0.5, 0.6) is 0 Å². The number of hydrogen-bond donors (Lipinski definition) is 8. The molecule has 14 heteroatoms. The minimum absolute atomic E-state index is 0. The molecule has 0 saturated heterocycles. The van der Waals surface area contributed by atoms with Crippen molar-refractivity contribution in [3.63, 3.8) is 0 Å². The summed E-state index contributed by atoms with van der Waals surface area (Å²) in [6, 6.07) is 0. The minimum atomic E-state index is -2.74. The molecule has 0 bridgehead atoms. The van der Waals surface area contributed by atoms with Crippen LogP contribution in [0.3, 0.4) is 0 Å². The number of carboxylic acids is 5. The summed E-state index contributed by atoms with van der Waals surface area (Å²) in [6.45, 7) is 0. The molecule has 134 valence electrons. The fourth-order valence-corrected chi connectivity index (χ4v) is 0.984. The second-order valence-electron chi connectivity index (χ2n) is 4.04. The van der Waals surface area contributed by atoms with E-state index < -0.39 is 60.5 Å². The van der Waals surface area contributed by atoms with E-state index in [4.69, 9.17) is 40.9 Å². The van der Waals surface area contributed by atoms with E-state index in [9.17, 15) is 24.0 Å². The number of aliphatic hydroxyl groups is 3. The number of rotatable bonds is 8. The summed E-state index contributed by atoms with van der Waals surface area (Å²) in [4.78, 5) is 50.0. The third-order valence-corrected chi connectivity index (χ3v) is 2.09. The summed E-state index contributed by atoms with van der Waals surface area (Å²) < 4.78 is 0. The molecule has 8 N–H and O–H groups in total. The zero-order valence-corrected chi connectivity index (χ0v) is 11.2. The fraction of sp³-hybridized carbons (Fsp3) is 0.500. The van der Waals surface area contributed by atoms with Gasteiger partial charge in [0.2, 0.25) is 0 Å². The predicted octanol–water partition coefficient (Wildman–Crippen LogP) is -4.02. The fourth-order valence-electron chi connectivity index (χ4n) is 0.984. The number of carbonyl (C=O) groups is 5. The van der Waals surface area contributed by atoms with Crippen molar-refractivity contribution in [2.45, 2.75) is 30.7 Å².